The van der Waals surface area contributed by atoms with Crippen LogP contribution in [0.3, 0.4) is 0 Å². The molecule has 0 spiro atoms. The minimum atomic E-state index is 0.155. The first-order chi connectivity index (χ1) is 10.3. The van der Waals surface area contributed by atoms with Gasteiger partial charge in [0.2, 0.25) is 0 Å². The Kier molecular flexibility index (Phi) is 4.57. The van der Waals surface area contributed by atoms with Crippen molar-refractivity contribution in [3.8, 4) is 6.07 Å². The van der Waals surface area contributed by atoms with Gasteiger partial charge in [-0.05, 0) is 49.6 Å². The van der Waals surface area contributed by atoms with Gasteiger partial charge in [0.05, 0.1) is 12.0 Å². The summed E-state index contributed by atoms with van der Waals surface area (Å²) in [5, 5.41) is 18.8. The fourth-order valence-corrected chi connectivity index (χ4v) is 4.04. The summed E-state index contributed by atoms with van der Waals surface area (Å²) in [5.41, 5.74) is 1.41. The molecule has 3 rings (SSSR count). The molecule has 1 aliphatic heterocycles. The standard InChI is InChI=1S/C18H24N2O/c19-11-17-7-6-16(15-4-2-1-3-5-15)10-18(17)20-9-8-14(12-20)13-21/h1-5,14,16-18,21H,6-10,12-13H2. The average molecular weight is 284 g/mol. The normalized spacial score (nSPS) is 33.7. The first-order valence-corrected chi connectivity index (χ1v) is 8.11. The second-order valence-corrected chi connectivity index (χ2v) is 6.56. The van der Waals surface area contributed by atoms with Crippen molar-refractivity contribution in [1.29, 1.82) is 5.26 Å². The highest BCUT2D eigenvalue weighted by Gasteiger charge is 2.37. The van der Waals surface area contributed by atoms with Crippen molar-refractivity contribution in [1.82, 2.24) is 4.90 Å². The van der Waals surface area contributed by atoms with Crippen molar-refractivity contribution < 1.29 is 5.11 Å². The zero-order valence-electron chi connectivity index (χ0n) is 12.5. The highest BCUT2D eigenvalue weighted by molar-refractivity contribution is 5.21. The zero-order valence-corrected chi connectivity index (χ0v) is 12.5. The predicted octanol–water partition coefficient (Wildman–Crippen LogP) is 2.78. The van der Waals surface area contributed by atoms with Crippen molar-refractivity contribution in [3.63, 3.8) is 0 Å². The van der Waals surface area contributed by atoms with Gasteiger partial charge in [-0.2, -0.15) is 5.26 Å². The zero-order chi connectivity index (χ0) is 14.7. The number of nitrogens with zero attached hydrogens (tertiary/aromatic N) is 2. The van der Waals surface area contributed by atoms with Gasteiger partial charge in [0, 0.05) is 19.2 Å². The number of benzene rings is 1. The van der Waals surface area contributed by atoms with Crippen LogP contribution in [0, 0.1) is 23.2 Å². The Morgan fingerprint density at radius 2 is 2.00 bits per heavy atom. The molecule has 3 heteroatoms. The summed E-state index contributed by atoms with van der Waals surface area (Å²) in [4.78, 5) is 2.46. The Balaban J connectivity index is 1.72. The van der Waals surface area contributed by atoms with Crippen LogP contribution in [0.2, 0.25) is 0 Å². The number of aliphatic hydroxyl groups is 1. The van der Waals surface area contributed by atoms with E-state index in [9.17, 15) is 10.4 Å². The molecule has 1 saturated heterocycles. The Labute approximate surface area is 127 Å². The summed E-state index contributed by atoms with van der Waals surface area (Å²) in [6.07, 6.45) is 4.28. The first-order valence-electron chi connectivity index (χ1n) is 8.11. The van der Waals surface area contributed by atoms with Crippen molar-refractivity contribution in [3.05, 3.63) is 35.9 Å². The molecule has 4 atom stereocenters. The molecular formula is C18H24N2O. The Hall–Kier alpha value is -1.37. The molecule has 2 fully saturated rings. The minimum absolute atomic E-state index is 0.155. The summed E-state index contributed by atoms with van der Waals surface area (Å²) in [5.74, 6) is 1.14. The number of nitriles is 1. The molecule has 0 bridgehead atoms. The van der Waals surface area contributed by atoms with Gasteiger partial charge >= 0.3 is 0 Å². The number of aliphatic hydroxyl groups excluding tert-OH is 1. The van der Waals surface area contributed by atoms with E-state index in [-0.39, 0.29) is 12.5 Å². The van der Waals surface area contributed by atoms with Crippen molar-refractivity contribution in [2.24, 2.45) is 11.8 Å². The molecule has 1 N–H and O–H groups in total. The number of likely N-dealkylation sites (tertiary alicyclic amines) is 1. The lowest BCUT2D eigenvalue weighted by atomic mass is 9.75. The molecule has 1 saturated carbocycles. The summed E-state index contributed by atoms with van der Waals surface area (Å²) < 4.78 is 0. The monoisotopic (exact) mass is 284 g/mol. The lowest BCUT2D eigenvalue weighted by Gasteiger charge is -2.38. The van der Waals surface area contributed by atoms with Gasteiger partial charge in [-0.15, -0.1) is 0 Å². The van der Waals surface area contributed by atoms with Crippen molar-refractivity contribution >= 4 is 0 Å². The molecule has 1 heterocycles. The van der Waals surface area contributed by atoms with E-state index < -0.39 is 0 Å². The summed E-state index contributed by atoms with van der Waals surface area (Å²) in [6, 6.07) is 13.6. The van der Waals surface area contributed by atoms with Gasteiger partial charge in [-0.3, -0.25) is 4.90 Å². The van der Waals surface area contributed by atoms with Gasteiger partial charge in [0.1, 0.15) is 0 Å². The van der Waals surface area contributed by atoms with Crippen LogP contribution < -0.4 is 0 Å². The molecule has 112 valence electrons. The van der Waals surface area contributed by atoms with Crippen LogP contribution in [0.25, 0.3) is 0 Å². The van der Waals surface area contributed by atoms with Crippen molar-refractivity contribution in [2.75, 3.05) is 19.7 Å². The largest absolute Gasteiger partial charge is 0.396 e. The van der Waals surface area contributed by atoms with Gasteiger partial charge in [-0.1, -0.05) is 30.3 Å². The maximum atomic E-state index is 9.48. The van der Waals surface area contributed by atoms with E-state index in [1.165, 1.54) is 5.56 Å². The molecule has 4 unspecified atom stereocenters. The maximum Gasteiger partial charge on any atom is 0.0672 e. The number of rotatable bonds is 3. The molecule has 3 nitrogen and oxygen atoms in total. The van der Waals surface area contributed by atoms with Gasteiger partial charge in [0.15, 0.2) is 0 Å². The summed E-state index contributed by atoms with van der Waals surface area (Å²) in [7, 11) is 0. The van der Waals surface area contributed by atoms with E-state index in [1.807, 2.05) is 0 Å². The number of hydrogen-bond acceptors (Lipinski definition) is 3. The molecule has 1 aromatic rings. The fourth-order valence-electron chi connectivity index (χ4n) is 4.04. The molecule has 0 amide bonds. The van der Waals surface area contributed by atoms with Crippen LogP contribution >= 0.6 is 0 Å². The van der Waals surface area contributed by atoms with E-state index in [0.717, 1.165) is 38.8 Å². The average Bonchev–Trinajstić information content (AvgIpc) is 3.04. The quantitative estimate of drug-likeness (QED) is 0.928. The number of hydrogen-bond donors (Lipinski definition) is 1. The third kappa shape index (κ3) is 3.12. The second-order valence-electron chi connectivity index (χ2n) is 6.56. The topological polar surface area (TPSA) is 47.3 Å². The van der Waals surface area contributed by atoms with Crippen LogP contribution in [-0.2, 0) is 0 Å². The molecule has 21 heavy (non-hydrogen) atoms. The van der Waals surface area contributed by atoms with Crippen LogP contribution in [0.15, 0.2) is 30.3 Å². The van der Waals surface area contributed by atoms with Crippen LogP contribution in [-0.4, -0.2) is 35.7 Å². The third-order valence-electron chi connectivity index (χ3n) is 5.30. The Morgan fingerprint density at radius 3 is 2.67 bits per heavy atom. The molecule has 0 radical (unpaired) electrons. The van der Waals surface area contributed by atoms with Crippen LogP contribution in [0.4, 0.5) is 0 Å². The summed E-state index contributed by atoms with van der Waals surface area (Å²) >= 11 is 0. The first kappa shape index (κ1) is 14.6. The fraction of sp³-hybridized carbons (Fsp3) is 0.611. The summed E-state index contributed by atoms with van der Waals surface area (Å²) in [6.45, 7) is 2.28. The lowest BCUT2D eigenvalue weighted by molar-refractivity contribution is 0.132. The van der Waals surface area contributed by atoms with Gasteiger partial charge in [-0.25, -0.2) is 0 Å². The highest BCUT2D eigenvalue weighted by Crippen LogP contribution is 2.39. The van der Waals surface area contributed by atoms with Gasteiger partial charge in [0.25, 0.3) is 0 Å². The maximum absolute atomic E-state index is 9.48. The molecule has 1 aromatic carbocycles. The second kappa shape index (κ2) is 6.60. The lowest BCUT2D eigenvalue weighted by Crippen LogP contribution is -2.42. The van der Waals surface area contributed by atoms with E-state index in [1.54, 1.807) is 0 Å². The molecular weight excluding hydrogens is 260 g/mol. The SMILES string of the molecule is N#CC1CCC(c2ccccc2)CC1N1CCC(CO)C1. The van der Waals surface area contributed by atoms with Crippen LogP contribution in [0.1, 0.15) is 37.2 Å². The van der Waals surface area contributed by atoms with Crippen LogP contribution in [0.5, 0.6) is 0 Å². The van der Waals surface area contributed by atoms with E-state index in [4.69, 9.17) is 0 Å². The van der Waals surface area contributed by atoms with E-state index >= 15 is 0 Å². The van der Waals surface area contributed by atoms with Gasteiger partial charge < -0.3 is 5.11 Å². The Bertz CT molecular complexity index is 496. The van der Waals surface area contributed by atoms with E-state index in [0.29, 0.717) is 17.9 Å². The Morgan fingerprint density at radius 1 is 1.19 bits per heavy atom. The smallest absolute Gasteiger partial charge is 0.0672 e. The predicted molar refractivity (Wildman–Crippen MR) is 82.7 cm³/mol. The molecule has 1 aliphatic carbocycles. The minimum Gasteiger partial charge on any atom is -0.396 e. The highest BCUT2D eigenvalue weighted by atomic mass is 16.3. The van der Waals surface area contributed by atoms with Crippen molar-refractivity contribution in [2.45, 2.75) is 37.6 Å². The van der Waals surface area contributed by atoms with E-state index in [2.05, 4.69) is 41.3 Å². The molecule has 2 aliphatic rings. The molecule has 0 aromatic heterocycles. The third-order valence-corrected chi connectivity index (χ3v) is 5.30.